The van der Waals surface area contributed by atoms with Crippen LogP contribution in [-0.2, 0) is 22.4 Å². The van der Waals surface area contributed by atoms with Gasteiger partial charge in [-0.3, -0.25) is 9.78 Å². The second-order valence-electron chi connectivity index (χ2n) is 10.8. The fourth-order valence-electron chi connectivity index (χ4n) is 6.43. The number of esters is 1. The first-order valence-corrected chi connectivity index (χ1v) is 14.7. The number of benzene rings is 2. The maximum absolute atomic E-state index is 13.9. The Morgan fingerprint density at radius 2 is 1.64 bits per heavy atom. The van der Waals surface area contributed by atoms with Gasteiger partial charge in [-0.25, -0.2) is 0 Å². The van der Waals surface area contributed by atoms with Gasteiger partial charge in [-0.1, -0.05) is 77.9 Å². The van der Waals surface area contributed by atoms with Gasteiger partial charge in [0.15, 0.2) is 0 Å². The summed E-state index contributed by atoms with van der Waals surface area (Å²) in [5.74, 6) is 0.0658. The van der Waals surface area contributed by atoms with Gasteiger partial charge in [0.1, 0.15) is 0 Å². The molecule has 0 bridgehead atoms. The number of hydrogen-bond acceptors (Lipinski definition) is 3. The van der Waals surface area contributed by atoms with Crippen LogP contribution in [0.4, 0.5) is 0 Å². The minimum absolute atomic E-state index is 0.124. The first-order valence-electron chi connectivity index (χ1n) is 14.7. The van der Waals surface area contributed by atoms with Crippen molar-refractivity contribution in [1.29, 1.82) is 0 Å². The number of nitrogens with zero attached hydrogens (tertiary/aromatic N) is 1. The quantitative estimate of drug-likeness (QED) is 0.199. The number of pyridine rings is 1. The summed E-state index contributed by atoms with van der Waals surface area (Å²) in [7, 11) is 0. The van der Waals surface area contributed by atoms with E-state index in [1.165, 1.54) is 27.8 Å². The number of ether oxygens (including phenoxy) is 1. The summed E-state index contributed by atoms with van der Waals surface area (Å²) in [6.07, 6.45) is 9.07. The molecule has 1 N–H and O–H groups in total. The van der Waals surface area contributed by atoms with Gasteiger partial charge in [-0.2, -0.15) is 0 Å². The molecular formula is C35H44N2O2. The average Bonchev–Trinajstić information content (AvgIpc) is 3.38. The Hall–Kier alpha value is -3.40. The number of rotatable bonds is 11. The average molecular weight is 525 g/mol. The third-order valence-electron chi connectivity index (χ3n) is 8.62. The van der Waals surface area contributed by atoms with E-state index in [2.05, 4.69) is 100 Å². The van der Waals surface area contributed by atoms with Crippen molar-refractivity contribution in [3.8, 4) is 11.1 Å². The lowest BCUT2D eigenvalue weighted by Gasteiger charge is -2.38. The summed E-state index contributed by atoms with van der Waals surface area (Å²) in [5, 5.41) is 1.10. The third-order valence-corrected chi connectivity index (χ3v) is 8.62. The van der Waals surface area contributed by atoms with Crippen LogP contribution in [-0.4, -0.2) is 22.5 Å². The van der Waals surface area contributed by atoms with Crippen molar-refractivity contribution in [2.45, 2.75) is 86.0 Å². The van der Waals surface area contributed by atoms with Crippen molar-refractivity contribution in [2.75, 3.05) is 6.61 Å². The predicted molar refractivity (Wildman–Crippen MR) is 162 cm³/mol. The predicted octanol–water partition coefficient (Wildman–Crippen LogP) is 8.98. The van der Waals surface area contributed by atoms with Gasteiger partial charge in [0, 0.05) is 23.7 Å². The van der Waals surface area contributed by atoms with E-state index >= 15 is 0 Å². The number of aromatic amines is 1. The molecule has 206 valence electrons. The first kappa shape index (κ1) is 28.6. The smallest absolute Gasteiger partial charge is 0.313 e. The molecule has 0 saturated heterocycles. The Kier molecular flexibility index (Phi) is 8.94. The van der Waals surface area contributed by atoms with E-state index in [0.717, 1.165) is 34.9 Å². The molecule has 4 nitrogen and oxygen atoms in total. The Morgan fingerprint density at radius 1 is 0.949 bits per heavy atom. The zero-order valence-electron chi connectivity index (χ0n) is 24.7. The van der Waals surface area contributed by atoms with E-state index in [9.17, 15) is 4.79 Å². The van der Waals surface area contributed by atoms with Gasteiger partial charge in [0.05, 0.1) is 23.7 Å². The molecule has 4 rings (SSSR count). The largest absolute Gasteiger partial charge is 0.466 e. The highest BCUT2D eigenvalue weighted by molar-refractivity contribution is 5.87. The fraction of sp³-hybridized carbons (Fsp3) is 0.429. The van der Waals surface area contributed by atoms with Gasteiger partial charge in [-0.15, -0.1) is 0 Å². The minimum atomic E-state index is -0.705. The highest BCUT2D eigenvalue weighted by Crippen LogP contribution is 2.50. The molecule has 4 heteroatoms. The number of H-pyrrole nitrogens is 1. The van der Waals surface area contributed by atoms with E-state index in [1.807, 2.05) is 19.3 Å². The molecule has 2 heterocycles. The van der Waals surface area contributed by atoms with Crippen molar-refractivity contribution in [2.24, 2.45) is 5.41 Å². The molecule has 2 aromatic heterocycles. The molecule has 39 heavy (non-hydrogen) atoms. The van der Waals surface area contributed by atoms with Crippen LogP contribution in [0.25, 0.3) is 22.0 Å². The Balaban J connectivity index is 2.08. The summed E-state index contributed by atoms with van der Waals surface area (Å²) >= 11 is 0. The number of aromatic nitrogens is 2. The molecule has 0 saturated carbocycles. The summed E-state index contributed by atoms with van der Waals surface area (Å²) in [6.45, 7) is 15.5. The number of aryl methyl sites for hydroxylation is 2. The van der Waals surface area contributed by atoms with Crippen LogP contribution < -0.4 is 0 Å². The van der Waals surface area contributed by atoms with E-state index in [0.29, 0.717) is 25.4 Å². The molecule has 0 aliphatic rings. The van der Waals surface area contributed by atoms with Crippen LogP contribution in [0, 0.1) is 5.41 Å². The summed E-state index contributed by atoms with van der Waals surface area (Å²) < 4.78 is 5.79. The monoisotopic (exact) mass is 524 g/mol. The zero-order chi connectivity index (χ0) is 28.2. The first-order chi connectivity index (χ1) is 18.9. The molecule has 0 spiro atoms. The van der Waals surface area contributed by atoms with Crippen LogP contribution in [0.2, 0.25) is 0 Å². The van der Waals surface area contributed by atoms with Crippen molar-refractivity contribution >= 4 is 16.9 Å². The topological polar surface area (TPSA) is 55.0 Å². The summed E-state index contributed by atoms with van der Waals surface area (Å²) in [5.41, 5.74) is 9.25. The maximum Gasteiger partial charge on any atom is 0.313 e. The third kappa shape index (κ3) is 5.14. The van der Waals surface area contributed by atoms with Crippen LogP contribution in [0.15, 0.2) is 61.1 Å². The molecule has 0 amide bonds. The lowest BCUT2D eigenvalue weighted by atomic mass is 9.65. The second-order valence-corrected chi connectivity index (χ2v) is 10.8. The lowest BCUT2D eigenvalue weighted by molar-refractivity contribution is -0.157. The van der Waals surface area contributed by atoms with Gasteiger partial charge >= 0.3 is 5.97 Å². The van der Waals surface area contributed by atoms with Gasteiger partial charge < -0.3 is 9.72 Å². The molecule has 2 aromatic carbocycles. The van der Waals surface area contributed by atoms with Crippen molar-refractivity contribution < 1.29 is 9.53 Å². The number of fused-ring (bicyclic) bond motifs is 1. The van der Waals surface area contributed by atoms with Gasteiger partial charge in [0.25, 0.3) is 0 Å². The highest BCUT2D eigenvalue weighted by atomic mass is 16.5. The van der Waals surface area contributed by atoms with E-state index < -0.39 is 5.41 Å². The van der Waals surface area contributed by atoms with Crippen molar-refractivity contribution in [1.82, 2.24) is 9.97 Å². The molecule has 4 aromatic rings. The number of nitrogens with one attached hydrogen (secondary N) is 1. The molecule has 0 radical (unpaired) electrons. The number of carbonyl (C=O) groups is 1. The van der Waals surface area contributed by atoms with E-state index in [4.69, 9.17) is 4.74 Å². The van der Waals surface area contributed by atoms with E-state index in [-0.39, 0.29) is 11.9 Å². The Bertz CT molecular complexity index is 1410. The zero-order valence-corrected chi connectivity index (χ0v) is 24.7. The summed E-state index contributed by atoms with van der Waals surface area (Å²) in [4.78, 5) is 21.6. The van der Waals surface area contributed by atoms with E-state index in [1.54, 1.807) is 0 Å². The minimum Gasteiger partial charge on any atom is -0.466 e. The highest BCUT2D eigenvalue weighted by Gasteiger charge is 2.46. The van der Waals surface area contributed by atoms with Crippen molar-refractivity contribution in [3.63, 3.8) is 0 Å². The van der Waals surface area contributed by atoms with Crippen LogP contribution in [0.5, 0.6) is 0 Å². The normalized spacial score (nSPS) is 12.7. The fourth-order valence-corrected chi connectivity index (χ4v) is 6.43. The standard InChI is InChI=1S/C35H44N2O2/c1-8-24-14-13-15-25(9-2)32(24)29-20-26(16-17-27(29)23(6)7)33(35(10-3,11-4)34(38)39-12-5)30-21-37-31-22-36-19-18-28(30)31/h13-23,33,37H,8-12H2,1-7H3. The summed E-state index contributed by atoms with van der Waals surface area (Å²) in [6, 6.07) is 15.7. The van der Waals surface area contributed by atoms with Crippen LogP contribution >= 0.6 is 0 Å². The SMILES string of the molecule is CCOC(=O)C(CC)(CC)C(c1ccc(C(C)C)c(-c2c(CC)cccc2CC)c1)c1c[nH]c2cnccc12. The molecule has 1 unspecified atom stereocenters. The Morgan fingerprint density at radius 3 is 2.23 bits per heavy atom. The molecule has 0 aliphatic carbocycles. The number of hydrogen-bond donors (Lipinski definition) is 1. The lowest BCUT2D eigenvalue weighted by Crippen LogP contribution is -2.38. The molecule has 0 aliphatic heterocycles. The number of carbonyl (C=O) groups excluding carboxylic acids is 1. The Labute approximate surface area is 234 Å². The van der Waals surface area contributed by atoms with Gasteiger partial charge in [0.2, 0.25) is 0 Å². The van der Waals surface area contributed by atoms with Crippen LogP contribution in [0.3, 0.4) is 0 Å². The van der Waals surface area contributed by atoms with Gasteiger partial charge in [-0.05, 0) is 83.5 Å². The van der Waals surface area contributed by atoms with Crippen LogP contribution in [0.1, 0.15) is 101 Å². The molecule has 1 atom stereocenters. The molecular weight excluding hydrogens is 480 g/mol. The second kappa shape index (κ2) is 12.2. The van der Waals surface area contributed by atoms with Crippen molar-refractivity contribution in [3.05, 3.63) is 88.9 Å². The maximum atomic E-state index is 13.9. The molecule has 0 fully saturated rings.